The van der Waals surface area contributed by atoms with E-state index in [1.54, 1.807) is 54.6 Å². The lowest BCUT2D eigenvalue weighted by atomic mass is 9.95. The smallest absolute Gasteiger partial charge is 0.323 e. The minimum absolute atomic E-state index is 0.141. The SMILES string of the molecule is COc1ccc(C(O)=C2C(=O)C(=O)N(CC(=O)O)[C@H]2c2ccccc2)cc1. The Morgan fingerprint density at radius 2 is 1.67 bits per heavy atom. The van der Waals surface area contributed by atoms with Crippen LogP contribution in [-0.4, -0.2) is 46.4 Å². The number of benzene rings is 2. The van der Waals surface area contributed by atoms with Crippen LogP contribution in [-0.2, 0) is 14.4 Å². The van der Waals surface area contributed by atoms with E-state index < -0.39 is 30.2 Å². The lowest BCUT2D eigenvalue weighted by Gasteiger charge is -2.23. The zero-order valence-electron chi connectivity index (χ0n) is 14.5. The molecule has 0 aromatic heterocycles. The second-order valence-corrected chi connectivity index (χ2v) is 5.96. The van der Waals surface area contributed by atoms with Crippen LogP contribution in [0.25, 0.3) is 5.76 Å². The Morgan fingerprint density at radius 3 is 2.22 bits per heavy atom. The average Bonchev–Trinajstić information content (AvgIpc) is 2.92. The van der Waals surface area contributed by atoms with Gasteiger partial charge in [0, 0.05) is 5.56 Å². The summed E-state index contributed by atoms with van der Waals surface area (Å²) in [7, 11) is 1.50. The van der Waals surface area contributed by atoms with Gasteiger partial charge in [-0.25, -0.2) is 0 Å². The van der Waals surface area contributed by atoms with Gasteiger partial charge >= 0.3 is 5.97 Å². The molecule has 3 rings (SSSR count). The molecule has 1 fully saturated rings. The van der Waals surface area contributed by atoms with Crippen molar-refractivity contribution in [2.24, 2.45) is 0 Å². The molecule has 0 unspecified atom stereocenters. The van der Waals surface area contributed by atoms with Crippen LogP contribution in [0.15, 0.2) is 60.2 Å². The molecule has 7 heteroatoms. The summed E-state index contributed by atoms with van der Waals surface area (Å²) in [6.45, 7) is -0.649. The number of ether oxygens (including phenoxy) is 1. The number of carboxylic acids is 1. The summed E-state index contributed by atoms with van der Waals surface area (Å²) in [4.78, 5) is 37.2. The van der Waals surface area contributed by atoms with Crippen molar-refractivity contribution in [3.05, 3.63) is 71.3 Å². The third kappa shape index (κ3) is 3.39. The van der Waals surface area contributed by atoms with Crippen LogP contribution >= 0.6 is 0 Å². The standard InChI is InChI=1S/C20H17NO6/c1-27-14-9-7-13(8-10-14)18(24)16-17(12-5-3-2-4-6-12)21(11-15(22)23)20(26)19(16)25/h2-10,17,24H,11H2,1H3,(H,22,23)/t17-/m0/s1. The number of aliphatic hydroxyl groups is 1. The minimum atomic E-state index is -1.25. The van der Waals surface area contributed by atoms with Gasteiger partial charge in [-0.3, -0.25) is 14.4 Å². The maximum Gasteiger partial charge on any atom is 0.323 e. The van der Waals surface area contributed by atoms with Crippen molar-refractivity contribution in [1.82, 2.24) is 4.90 Å². The summed E-state index contributed by atoms with van der Waals surface area (Å²) in [5, 5.41) is 19.9. The number of rotatable bonds is 5. The molecule has 27 heavy (non-hydrogen) atoms. The van der Waals surface area contributed by atoms with Crippen molar-refractivity contribution in [3.63, 3.8) is 0 Å². The van der Waals surface area contributed by atoms with Crippen LogP contribution in [0, 0.1) is 0 Å². The number of carboxylic acid groups (broad SMARTS) is 1. The number of ketones is 1. The number of Topliss-reactive ketones (excluding diaryl/α,β-unsaturated/α-hetero) is 1. The van der Waals surface area contributed by atoms with Gasteiger partial charge in [-0.05, 0) is 29.8 Å². The van der Waals surface area contributed by atoms with Gasteiger partial charge in [0.05, 0.1) is 18.7 Å². The molecule has 1 aliphatic rings. The van der Waals surface area contributed by atoms with Gasteiger partial charge in [-0.1, -0.05) is 30.3 Å². The molecule has 2 N–H and O–H groups in total. The van der Waals surface area contributed by atoms with E-state index in [2.05, 4.69) is 0 Å². The number of carbonyl (C=O) groups is 3. The van der Waals surface area contributed by atoms with Crippen molar-refractivity contribution in [1.29, 1.82) is 0 Å². The number of carbonyl (C=O) groups excluding carboxylic acids is 2. The molecule has 1 amide bonds. The van der Waals surface area contributed by atoms with E-state index in [4.69, 9.17) is 9.84 Å². The molecule has 0 spiro atoms. The summed E-state index contributed by atoms with van der Waals surface area (Å²) in [6.07, 6.45) is 0. The summed E-state index contributed by atoms with van der Waals surface area (Å²) in [6, 6.07) is 13.9. The summed E-state index contributed by atoms with van der Waals surface area (Å²) in [5.41, 5.74) is 0.718. The maximum atomic E-state index is 12.6. The third-order valence-corrected chi connectivity index (χ3v) is 4.32. The van der Waals surface area contributed by atoms with Crippen molar-refractivity contribution >= 4 is 23.4 Å². The van der Waals surface area contributed by atoms with Crippen LogP contribution < -0.4 is 4.74 Å². The van der Waals surface area contributed by atoms with Crippen LogP contribution in [0.1, 0.15) is 17.2 Å². The Kier molecular flexibility index (Phi) is 4.94. The predicted molar refractivity (Wildman–Crippen MR) is 96.1 cm³/mol. The van der Waals surface area contributed by atoms with E-state index in [0.717, 1.165) is 4.90 Å². The van der Waals surface area contributed by atoms with Gasteiger partial charge in [0.2, 0.25) is 0 Å². The van der Waals surface area contributed by atoms with Crippen molar-refractivity contribution in [2.75, 3.05) is 13.7 Å². The first-order chi connectivity index (χ1) is 12.9. The minimum Gasteiger partial charge on any atom is -0.507 e. The lowest BCUT2D eigenvalue weighted by Crippen LogP contribution is -2.34. The molecular weight excluding hydrogens is 350 g/mol. The zero-order valence-corrected chi connectivity index (χ0v) is 14.5. The van der Waals surface area contributed by atoms with Crippen molar-refractivity contribution < 1.29 is 29.3 Å². The fraction of sp³-hybridized carbons (Fsp3) is 0.150. The fourth-order valence-electron chi connectivity index (χ4n) is 3.08. The van der Waals surface area contributed by atoms with Crippen LogP contribution in [0.3, 0.4) is 0 Å². The maximum absolute atomic E-state index is 12.6. The molecule has 7 nitrogen and oxygen atoms in total. The Morgan fingerprint density at radius 1 is 1.04 bits per heavy atom. The quantitative estimate of drug-likeness (QED) is 0.477. The molecule has 0 bridgehead atoms. The molecular formula is C20H17NO6. The molecule has 1 heterocycles. The van der Waals surface area contributed by atoms with Gasteiger partial charge in [0.1, 0.15) is 18.1 Å². The molecule has 0 radical (unpaired) electrons. The fourth-order valence-corrected chi connectivity index (χ4v) is 3.08. The molecule has 2 aromatic carbocycles. The molecule has 2 aromatic rings. The second kappa shape index (κ2) is 7.33. The summed E-state index contributed by atoms with van der Waals surface area (Å²) in [5.74, 6) is -2.92. The Hall–Kier alpha value is -3.61. The number of amides is 1. The van der Waals surface area contributed by atoms with E-state index in [1.165, 1.54) is 7.11 Å². The zero-order chi connectivity index (χ0) is 19.6. The van der Waals surface area contributed by atoms with E-state index in [-0.39, 0.29) is 11.3 Å². The highest BCUT2D eigenvalue weighted by Gasteiger charge is 2.46. The molecule has 0 saturated carbocycles. The monoisotopic (exact) mass is 367 g/mol. The van der Waals surface area contributed by atoms with Crippen LogP contribution in [0.4, 0.5) is 0 Å². The van der Waals surface area contributed by atoms with Crippen molar-refractivity contribution in [3.8, 4) is 5.75 Å². The Labute approximate surface area is 155 Å². The number of aliphatic hydroxyl groups excluding tert-OH is 1. The summed E-state index contributed by atoms with van der Waals surface area (Å²) < 4.78 is 5.07. The number of hydrogen-bond donors (Lipinski definition) is 2. The average molecular weight is 367 g/mol. The van der Waals surface area contributed by atoms with Gasteiger partial charge in [0.25, 0.3) is 11.7 Å². The molecule has 1 atom stereocenters. The van der Waals surface area contributed by atoms with Gasteiger partial charge in [-0.15, -0.1) is 0 Å². The molecule has 1 aliphatic heterocycles. The van der Waals surface area contributed by atoms with E-state index in [9.17, 15) is 19.5 Å². The third-order valence-electron chi connectivity index (χ3n) is 4.32. The number of aliphatic carboxylic acids is 1. The number of methoxy groups -OCH3 is 1. The van der Waals surface area contributed by atoms with Crippen LogP contribution in [0.2, 0.25) is 0 Å². The number of nitrogens with zero attached hydrogens (tertiary/aromatic N) is 1. The van der Waals surface area contributed by atoms with E-state index >= 15 is 0 Å². The predicted octanol–water partition coefficient (Wildman–Crippen LogP) is 2.20. The first-order valence-corrected chi connectivity index (χ1v) is 8.13. The van der Waals surface area contributed by atoms with Gasteiger partial charge in [-0.2, -0.15) is 0 Å². The largest absolute Gasteiger partial charge is 0.507 e. The highest BCUT2D eigenvalue weighted by Crippen LogP contribution is 2.39. The van der Waals surface area contributed by atoms with Crippen molar-refractivity contribution in [2.45, 2.75) is 6.04 Å². The van der Waals surface area contributed by atoms with E-state index in [0.29, 0.717) is 16.9 Å². The molecule has 0 aliphatic carbocycles. The number of likely N-dealkylation sites (tertiary alicyclic amines) is 1. The molecule has 1 saturated heterocycles. The topological polar surface area (TPSA) is 104 Å². The first-order valence-electron chi connectivity index (χ1n) is 8.13. The first kappa shape index (κ1) is 18.2. The number of hydrogen-bond acceptors (Lipinski definition) is 5. The van der Waals surface area contributed by atoms with Gasteiger partial charge in [0.15, 0.2) is 0 Å². The van der Waals surface area contributed by atoms with Crippen LogP contribution in [0.5, 0.6) is 5.75 Å². The Bertz CT molecular complexity index is 917. The highest BCUT2D eigenvalue weighted by atomic mass is 16.5. The highest BCUT2D eigenvalue weighted by molar-refractivity contribution is 6.46. The normalized spacial score (nSPS) is 18.6. The summed E-state index contributed by atoms with van der Waals surface area (Å²) >= 11 is 0. The second-order valence-electron chi connectivity index (χ2n) is 5.96. The lowest BCUT2D eigenvalue weighted by molar-refractivity contribution is -0.146. The molecule has 138 valence electrons. The van der Waals surface area contributed by atoms with E-state index in [1.807, 2.05) is 0 Å². The van der Waals surface area contributed by atoms with Gasteiger partial charge < -0.3 is 19.8 Å². The Balaban J connectivity index is 2.16.